The maximum absolute atomic E-state index is 13.0. The summed E-state index contributed by atoms with van der Waals surface area (Å²) in [6.45, 7) is 0. The molecule has 0 bridgehead atoms. The average molecular weight is 317 g/mol. The molecule has 1 aromatic carbocycles. The molecule has 3 nitrogen and oxygen atoms in total. The van der Waals surface area contributed by atoms with Gasteiger partial charge in [0.15, 0.2) is 0 Å². The van der Waals surface area contributed by atoms with Crippen molar-refractivity contribution in [3.05, 3.63) is 60.7 Å². The zero-order chi connectivity index (χ0) is 15.5. The predicted octanol–water partition coefficient (Wildman–Crippen LogP) is 4.59. The molecule has 0 saturated heterocycles. The summed E-state index contributed by atoms with van der Waals surface area (Å²) in [5, 5.41) is 0. The lowest BCUT2D eigenvalue weighted by molar-refractivity contribution is 0.146. The largest absolute Gasteiger partial charge is 0.299 e. The third-order valence-electron chi connectivity index (χ3n) is 3.22. The van der Waals surface area contributed by atoms with E-state index in [-0.39, 0.29) is 5.69 Å². The van der Waals surface area contributed by atoms with Gasteiger partial charge < -0.3 is 0 Å². The number of benzene rings is 1. The minimum atomic E-state index is -2.61. The van der Waals surface area contributed by atoms with Gasteiger partial charge in [-0.05, 0) is 42.7 Å². The molecule has 22 heavy (non-hydrogen) atoms. The van der Waals surface area contributed by atoms with Crippen LogP contribution in [0.5, 0.6) is 0 Å². The van der Waals surface area contributed by atoms with Crippen molar-refractivity contribution in [3.8, 4) is 17.1 Å². The van der Waals surface area contributed by atoms with E-state index in [1.807, 2.05) is 30.5 Å². The van der Waals surface area contributed by atoms with Crippen LogP contribution in [0.4, 0.5) is 8.78 Å². The fourth-order valence-electron chi connectivity index (χ4n) is 2.14. The van der Waals surface area contributed by atoms with Gasteiger partial charge in [0.2, 0.25) is 0 Å². The third-order valence-corrected chi connectivity index (χ3v) is 3.96. The van der Waals surface area contributed by atoms with Crippen LogP contribution in [0, 0.1) is 0 Å². The van der Waals surface area contributed by atoms with Gasteiger partial charge >= 0.3 is 0 Å². The Morgan fingerprint density at radius 1 is 1.14 bits per heavy atom. The van der Waals surface area contributed by atoms with E-state index in [1.165, 1.54) is 6.20 Å². The number of hydrogen-bond acceptors (Lipinski definition) is 3. The molecule has 3 rings (SSSR count). The van der Waals surface area contributed by atoms with E-state index in [4.69, 9.17) is 0 Å². The normalized spacial score (nSPS) is 11.1. The van der Waals surface area contributed by atoms with Gasteiger partial charge in [-0.1, -0.05) is 0 Å². The van der Waals surface area contributed by atoms with Crippen LogP contribution in [0.3, 0.4) is 0 Å². The molecule has 0 amide bonds. The molecule has 0 aliphatic carbocycles. The van der Waals surface area contributed by atoms with E-state index < -0.39 is 6.43 Å². The zero-order valence-electron chi connectivity index (χ0n) is 11.8. The first-order valence-corrected chi connectivity index (χ1v) is 7.84. The number of imidazole rings is 1. The molecule has 0 aliphatic rings. The van der Waals surface area contributed by atoms with Crippen molar-refractivity contribution in [3.63, 3.8) is 0 Å². The molecule has 2 heterocycles. The Morgan fingerprint density at radius 2 is 1.91 bits per heavy atom. The second-order valence-electron chi connectivity index (χ2n) is 4.60. The van der Waals surface area contributed by atoms with Crippen molar-refractivity contribution >= 4 is 11.8 Å². The monoisotopic (exact) mass is 317 g/mol. The van der Waals surface area contributed by atoms with E-state index in [0.717, 1.165) is 10.6 Å². The summed E-state index contributed by atoms with van der Waals surface area (Å²) in [7, 11) is 0. The number of hydrogen-bond donors (Lipinski definition) is 0. The van der Waals surface area contributed by atoms with Crippen LogP contribution in [0.15, 0.2) is 59.9 Å². The van der Waals surface area contributed by atoms with Gasteiger partial charge in [0.1, 0.15) is 11.5 Å². The second kappa shape index (κ2) is 6.27. The number of thioether (sulfide) groups is 1. The Hall–Kier alpha value is -2.21. The number of rotatable bonds is 4. The highest BCUT2D eigenvalue weighted by Crippen LogP contribution is 2.27. The first kappa shape index (κ1) is 14.7. The standard InChI is InChI=1S/C16H13F2N3S/c1-22-13-6-4-12(5-7-13)21-10-14(15(17)18)20-16(21)11-3-2-8-19-9-11/h2-10,15H,1H3. The van der Waals surface area contributed by atoms with Crippen molar-refractivity contribution in [2.45, 2.75) is 11.3 Å². The van der Waals surface area contributed by atoms with Crippen molar-refractivity contribution in [2.24, 2.45) is 0 Å². The fraction of sp³-hybridized carbons (Fsp3) is 0.125. The van der Waals surface area contributed by atoms with Crippen LogP contribution in [0.2, 0.25) is 0 Å². The summed E-state index contributed by atoms with van der Waals surface area (Å²) >= 11 is 1.63. The number of alkyl halides is 2. The van der Waals surface area contributed by atoms with E-state index >= 15 is 0 Å². The minimum Gasteiger partial charge on any atom is -0.299 e. The molecule has 0 unspecified atom stereocenters. The Morgan fingerprint density at radius 3 is 2.50 bits per heavy atom. The molecular weight excluding hydrogens is 304 g/mol. The molecule has 112 valence electrons. The van der Waals surface area contributed by atoms with Crippen LogP contribution in [-0.4, -0.2) is 20.8 Å². The SMILES string of the molecule is CSc1ccc(-n2cc(C(F)F)nc2-c2cccnc2)cc1. The molecule has 0 spiro atoms. The summed E-state index contributed by atoms with van der Waals surface area (Å²) in [5.74, 6) is 0.459. The van der Waals surface area contributed by atoms with Gasteiger partial charge in [0, 0.05) is 34.7 Å². The quantitative estimate of drug-likeness (QED) is 0.659. The summed E-state index contributed by atoms with van der Waals surface area (Å²) in [4.78, 5) is 9.21. The maximum Gasteiger partial charge on any atom is 0.281 e. The highest BCUT2D eigenvalue weighted by Gasteiger charge is 2.17. The number of pyridine rings is 1. The van der Waals surface area contributed by atoms with Crippen LogP contribution in [0.1, 0.15) is 12.1 Å². The molecule has 0 saturated carbocycles. The second-order valence-corrected chi connectivity index (χ2v) is 5.48. The summed E-state index contributed by atoms with van der Waals surface area (Å²) in [5.41, 5.74) is 1.24. The van der Waals surface area contributed by atoms with Crippen LogP contribution < -0.4 is 0 Å². The highest BCUT2D eigenvalue weighted by atomic mass is 32.2. The van der Waals surface area contributed by atoms with E-state index in [9.17, 15) is 8.78 Å². The van der Waals surface area contributed by atoms with Crippen molar-refractivity contribution < 1.29 is 8.78 Å². The molecule has 6 heteroatoms. The zero-order valence-corrected chi connectivity index (χ0v) is 12.6. The number of nitrogens with zero attached hydrogens (tertiary/aromatic N) is 3. The van der Waals surface area contributed by atoms with E-state index in [0.29, 0.717) is 11.4 Å². The molecule has 0 atom stereocenters. The van der Waals surface area contributed by atoms with Gasteiger partial charge in [-0.25, -0.2) is 13.8 Å². The predicted molar refractivity (Wildman–Crippen MR) is 83.5 cm³/mol. The van der Waals surface area contributed by atoms with Gasteiger partial charge in [-0.2, -0.15) is 0 Å². The lowest BCUT2D eigenvalue weighted by Crippen LogP contribution is -1.96. The van der Waals surface area contributed by atoms with E-state index in [1.54, 1.807) is 40.9 Å². The average Bonchev–Trinajstić information content (AvgIpc) is 3.01. The Bertz CT molecular complexity index is 755. The van der Waals surface area contributed by atoms with Gasteiger partial charge in [0.25, 0.3) is 6.43 Å². The third kappa shape index (κ3) is 2.87. The Labute approximate surface area is 131 Å². The molecule has 3 aromatic rings. The lowest BCUT2D eigenvalue weighted by atomic mass is 10.2. The molecule has 0 radical (unpaired) electrons. The molecule has 2 aromatic heterocycles. The first-order valence-electron chi connectivity index (χ1n) is 6.61. The molecule has 0 aliphatic heterocycles. The van der Waals surface area contributed by atoms with Crippen molar-refractivity contribution in [2.75, 3.05) is 6.26 Å². The summed E-state index contributed by atoms with van der Waals surface area (Å²) in [6, 6.07) is 11.2. The van der Waals surface area contributed by atoms with Gasteiger partial charge in [-0.15, -0.1) is 11.8 Å². The minimum absolute atomic E-state index is 0.243. The van der Waals surface area contributed by atoms with Crippen LogP contribution in [0.25, 0.3) is 17.1 Å². The van der Waals surface area contributed by atoms with Crippen molar-refractivity contribution in [1.29, 1.82) is 0 Å². The summed E-state index contributed by atoms with van der Waals surface area (Å²) in [6.07, 6.45) is 4.01. The van der Waals surface area contributed by atoms with Crippen LogP contribution >= 0.6 is 11.8 Å². The number of aromatic nitrogens is 3. The molecular formula is C16H13F2N3S. The van der Waals surface area contributed by atoms with Crippen molar-refractivity contribution in [1.82, 2.24) is 14.5 Å². The summed E-state index contributed by atoms with van der Waals surface area (Å²) < 4.78 is 27.7. The molecule has 0 fully saturated rings. The Balaban J connectivity index is 2.12. The lowest BCUT2D eigenvalue weighted by Gasteiger charge is -2.08. The smallest absolute Gasteiger partial charge is 0.281 e. The Kier molecular flexibility index (Phi) is 4.20. The van der Waals surface area contributed by atoms with Gasteiger partial charge in [0.05, 0.1) is 0 Å². The molecule has 0 N–H and O–H groups in total. The first-order chi connectivity index (χ1) is 10.7. The number of halogens is 2. The highest BCUT2D eigenvalue weighted by molar-refractivity contribution is 7.98. The topological polar surface area (TPSA) is 30.7 Å². The maximum atomic E-state index is 13.0. The fourth-order valence-corrected chi connectivity index (χ4v) is 2.55. The van der Waals surface area contributed by atoms with Gasteiger partial charge in [-0.3, -0.25) is 9.55 Å². The van der Waals surface area contributed by atoms with Crippen LogP contribution in [-0.2, 0) is 0 Å². The van der Waals surface area contributed by atoms with E-state index in [2.05, 4.69) is 9.97 Å².